The van der Waals surface area contributed by atoms with E-state index in [1.165, 1.54) is 50.9 Å². The van der Waals surface area contributed by atoms with Crippen molar-refractivity contribution in [3.05, 3.63) is 35.0 Å². The molecular formula is C20H28N2O2. The molecular weight excluding hydrogens is 300 g/mol. The van der Waals surface area contributed by atoms with E-state index in [-0.39, 0.29) is 0 Å². The molecule has 2 aromatic rings. The highest BCUT2D eigenvalue weighted by molar-refractivity contribution is 6.06. The number of aromatic nitrogens is 1. The number of hydrogen-bond acceptors (Lipinski definition) is 2. The van der Waals surface area contributed by atoms with Crippen LogP contribution in [0.15, 0.2) is 18.2 Å². The Morgan fingerprint density at radius 2 is 2.08 bits per heavy atom. The molecule has 3 rings (SSSR count). The summed E-state index contributed by atoms with van der Waals surface area (Å²) in [5.41, 5.74) is 3.32. The summed E-state index contributed by atoms with van der Waals surface area (Å²) in [6.45, 7) is 7.67. The lowest BCUT2D eigenvalue weighted by atomic mass is 9.88. The monoisotopic (exact) mass is 328 g/mol. The van der Waals surface area contributed by atoms with E-state index in [1.807, 2.05) is 19.1 Å². The number of nitrogens with one attached hydrogen (secondary N) is 1. The molecule has 0 radical (unpaired) electrons. The average Bonchev–Trinajstić information content (AvgIpc) is 2.91. The number of fused-ring (bicyclic) bond motifs is 1. The minimum atomic E-state index is -0.833. The minimum absolute atomic E-state index is 0.445. The van der Waals surface area contributed by atoms with E-state index in [2.05, 4.69) is 22.9 Å². The van der Waals surface area contributed by atoms with Crippen molar-refractivity contribution in [1.82, 2.24) is 9.88 Å². The van der Waals surface area contributed by atoms with Crippen LogP contribution in [0.25, 0.3) is 10.9 Å². The van der Waals surface area contributed by atoms with Crippen molar-refractivity contribution in [3.8, 4) is 0 Å². The molecule has 0 bridgehead atoms. The Labute approximate surface area is 143 Å². The van der Waals surface area contributed by atoms with Gasteiger partial charge in [0.25, 0.3) is 0 Å². The molecule has 0 unspecified atom stereocenters. The molecule has 1 fully saturated rings. The van der Waals surface area contributed by atoms with Gasteiger partial charge in [-0.2, -0.15) is 0 Å². The van der Waals surface area contributed by atoms with E-state index >= 15 is 0 Å². The van der Waals surface area contributed by atoms with E-state index in [1.54, 1.807) is 0 Å². The maximum Gasteiger partial charge on any atom is 0.338 e. The number of carboxylic acid groups (broad SMARTS) is 1. The Balaban J connectivity index is 1.75. The molecule has 1 aromatic carbocycles. The van der Waals surface area contributed by atoms with Gasteiger partial charge in [0, 0.05) is 16.6 Å². The van der Waals surface area contributed by atoms with Crippen molar-refractivity contribution in [3.63, 3.8) is 0 Å². The topological polar surface area (TPSA) is 56.3 Å². The van der Waals surface area contributed by atoms with Gasteiger partial charge < -0.3 is 15.0 Å². The van der Waals surface area contributed by atoms with Gasteiger partial charge in [0.15, 0.2) is 0 Å². The first-order chi connectivity index (χ1) is 11.6. The lowest BCUT2D eigenvalue weighted by molar-refractivity contribution is 0.0698. The summed E-state index contributed by atoms with van der Waals surface area (Å²) >= 11 is 0. The molecule has 0 amide bonds. The summed E-state index contributed by atoms with van der Waals surface area (Å²) in [5.74, 6) is -0.175. The number of carbonyl (C=O) groups is 1. The molecule has 1 aromatic heterocycles. The average molecular weight is 328 g/mol. The van der Waals surface area contributed by atoms with Crippen molar-refractivity contribution in [2.75, 3.05) is 19.6 Å². The highest BCUT2D eigenvalue weighted by atomic mass is 16.4. The van der Waals surface area contributed by atoms with Crippen LogP contribution < -0.4 is 0 Å². The fourth-order valence-corrected chi connectivity index (χ4v) is 4.00. The number of aromatic carboxylic acids is 1. The normalized spacial score (nSPS) is 16.8. The zero-order valence-corrected chi connectivity index (χ0v) is 14.8. The Morgan fingerprint density at radius 1 is 1.33 bits per heavy atom. The van der Waals surface area contributed by atoms with Crippen molar-refractivity contribution in [2.45, 2.75) is 46.0 Å². The zero-order chi connectivity index (χ0) is 17.1. The van der Waals surface area contributed by atoms with Crippen LogP contribution in [0.1, 0.15) is 54.2 Å². The molecule has 1 saturated heterocycles. The van der Waals surface area contributed by atoms with Gasteiger partial charge in [-0.25, -0.2) is 4.79 Å². The first-order valence-corrected chi connectivity index (χ1v) is 9.16. The molecule has 0 aliphatic carbocycles. The molecule has 130 valence electrons. The van der Waals surface area contributed by atoms with Crippen molar-refractivity contribution >= 4 is 16.9 Å². The lowest BCUT2D eigenvalue weighted by Gasteiger charge is -2.32. The van der Waals surface area contributed by atoms with Crippen LogP contribution in [-0.2, 0) is 6.42 Å². The fourth-order valence-electron chi connectivity index (χ4n) is 4.00. The Morgan fingerprint density at radius 3 is 2.75 bits per heavy atom. The van der Waals surface area contributed by atoms with Crippen LogP contribution in [0.2, 0.25) is 0 Å². The third kappa shape index (κ3) is 3.48. The molecule has 0 atom stereocenters. The van der Waals surface area contributed by atoms with Crippen molar-refractivity contribution in [1.29, 1.82) is 0 Å². The summed E-state index contributed by atoms with van der Waals surface area (Å²) in [6.07, 6.45) is 5.95. The van der Waals surface area contributed by atoms with Gasteiger partial charge in [-0.05, 0) is 69.8 Å². The first kappa shape index (κ1) is 17.0. The summed E-state index contributed by atoms with van der Waals surface area (Å²) in [6, 6.07) is 6.12. The zero-order valence-electron chi connectivity index (χ0n) is 14.8. The predicted molar refractivity (Wildman–Crippen MR) is 97.8 cm³/mol. The largest absolute Gasteiger partial charge is 0.478 e. The number of H-pyrrole nitrogens is 1. The maximum absolute atomic E-state index is 11.7. The number of aryl methyl sites for hydroxylation is 1. The second-order valence-corrected chi connectivity index (χ2v) is 7.11. The third-order valence-corrected chi connectivity index (χ3v) is 5.36. The Kier molecular flexibility index (Phi) is 5.24. The summed E-state index contributed by atoms with van der Waals surface area (Å²) < 4.78 is 0. The number of aromatic amines is 1. The van der Waals surface area contributed by atoms with Crippen LogP contribution in [0.4, 0.5) is 0 Å². The second-order valence-electron chi connectivity index (χ2n) is 7.11. The lowest BCUT2D eigenvalue weighted by Crippen LogP contribution is -2.35. The second kappa shape index (κ2) is 7.39. The van der Waals surface area contributed by atoms with Gasteiger partial charge in [0.1, 0.15) is 0 Å². The quantitative estimate of drug-likeness (QED) is 0.834. The third-order valence-electron chi connectivity index (χ3n) is 5.36. The smallest absolute Gasteiger partial charge is 0.338 e. The van der Waals surface area contributed by atoms with E-state index < -0.39 is 5.97 Å². The van der Waals surface area contributed by atoms with E-state index in [0.29, 0.717) is 11.5 Å². The summed E-state index contributed by atoms with van der Waals surface area (Å²) in [7, 11) is 0. The highest BCUT2D eigenvalue weighted by Crippen LogP contribution is 2.30. The number of carboxylic acids is 1. The van der Waals surface area contributed by atoms with Crippen LogP contribution in [0.5, 0.6) is 0 Å². The van der Waals surface area contributed by atoms with E-state index in [9.17, 15) is 9.90 Å². The van der Waals surface area contributed by atoms with Crippen molar-refractivity contribution < 1.29 is 9.90 Å². The molecule has 4 heteroatoms. The standard InChI is InChI=1S/C20H28N2O2/c1-3-4-10-22-11-8-15(9-12-22)13-16-6-5-7-17-19(16)18(20(23)24)14(2)21-17/h5-7,15,21H,3-4,8-13H2,1-2H3,(H,23,24). The molecule has 24 heavy (non-hydrogen) atoms. The Hall–Kier alpha value is -1.81. The first-order valence-electron chi connectivity index (χ1n) is 9.16. The number of piperidine rings is 1. The van der Waals surface area contributed by atoms with E-state index in [4.69, 9.17) is 0 Å². The maximum atomic E-state index is 11.7. The summed E-state index contributed by atoms with van der Waals surface area (Å²) in [5, 5.41) is 10.5. The van der Waals surface area contributed by atoms with Gasteiger partial charge in [-0.3, -0.25) is 0 Å². The number of nitrogens with zero attached hydrogens (tertiary/aromatic N) is 1. The Bertz CT molecular complexity index is 712. The van der Waals surface area contributed by atoms with Gasteiger partial charge in [-0.15, -0.1) is 0 Å². The number of rotatable bonds is 6. The van der Waals surface area contributed by atoms with Gasteiger partial charge in [0.05, 0.1) is 5.56 Å². The van der Waals surface area contributed by atoms with Gasteiger partial charge in [-0.1, -0.05) is 25.5 Å². The molecule has 4 nitrogen and oxygen atoms in total. The van der Waals surface area contributed by atoms with E-state index in [0.717, 1.165) is 23.0 Å². The molecule has 1 aliphatic rings. The molecule has 2 heterocycles. The molecule has 2 N–H and O–H groups in total. The number of unbranched alkanes of at least 4 members (excludes halogenated alkanes) is 1. The predicted octanol–water partition coefficient (Wildman–Crippen LogP) is 4.23. The highest BCUT2D eigenvalue weighted by Gasteiger charge is 2.22. The van der Waals surface area contributed by atoms with Crippen LogP contribution in [0.3, 0.4) is 0 Å². The van der Waals surface area contributed by atoms with Crippen LogP contribution >= 0.6 is 0 Å². The fraction of sp³-hybridized carbons (Fsp3) is 0.550. The number of likely N-dealkylation sites (tertiary alicyclic amines) is 1. The van der Waals surface area contributed by atoms with Crippen LogP contribution in [-0.4, -0.2) is 40.6 Å². The number of hydrogen-bond donors (Lipinski definition) is 2. The SMILES string of the molecule is CCCCN1CCC(Cc2cccc3[nH]c(C)c(C(=O)O)c23)CC1. The van der Waals surface area contributed by atoms with Gasteiger partial charge in [0.2, 0.25) is 0 Å². The van der Waals surface area contributed by atoms with Crippen molar-refractivity contribution in [2.24, 2.45) is 5.92 Å². The van der Waals surface area contributed by atoms with Crippen LogP contribution in [0, 0.1) is 12.8 Å². The minimum Gasteiger partial charge on any atom is -0.478 e. The molecule has 0 spiro atoms. The van der Waals surface area contributed by atoms with Gasteiger partial charge >= 0.3 is 5.97 Å². The summed E-state index contributed by atoms with van der Waals surface area (Å²) in [4.78, 5) is 17.5. The number of benzene rings is 1. The molecule has 0 saturated carbocycles. The molecule has 1 aliphatic heterocycles.